The summed E-state index contributed by atoms with van der Waals surface area (Å²) in [6, 6.07) is 12.1. The highest BCUT2D eigenvalue weighted by Crippen LogP contribution is 2.24. The third kappa shape index (κ3) is 4.19. The number of aryl methyl sites for hydroxylation is 4. The molecule has 5 heteroatoms. The third-order valence-electron chi connectivity index (χ3n) is 4.69. The number of nitrogens with one attached hydrogen (secondary N) is 1. The largest absolute Gasteiger partial charge is 0.324 e. The minimum absolute atomic E-state index is 0.109. The van der Waals surface area contributed by atoms with Gasteiger partial charge in [0.05, 0.1) is 5.56 Å². The Hall–Kier alpha value is -3.21. The number of anilines is 3. The maximum atomic E-state index is 12.9. The first-order chi connectivity index (χ1) is 13.4. The summed E-state index contributed by atoms with van der Waals surface area (Å²) in [4.78, 5) is 23.4. The lowest BCUT2D eigenvalue weighted by Crippen LogP contribution is -2.30. The van der Waals surface area contributed by atoms with Gasteiger partial charge in [-0.15, -0.1) is 0 Å². The molecular formula is C23H26N4O. The maximum absolute atomic E-state index is 12.9. The van der Waals surface area contributed by atoms with E-state index >= 15 is 0 Å². The van der Waals surface area contributed by atoms with Crippen LogP contribution < -0.4 is 10.2 Å². The number of aromatic nitrogens is 2. The van der Waals surface area contributed by atoms with Gasteiger partial charge >= 0.3 is 0 Å². The first kappa shape index (κ1) is 19.5. The Kier molecular flexibility index (Phi) is 5.73. The van der Waals surface area contributed by atoms with Crippen molar-refractivity contribution >= 4 is 23.2 Å². The van der Waals surface area contributed by atoms with Crippen LogP contribution in [0.1, 0.15) is 39.5 Å². The Morgan fingerprint density at radius 1 is 0.964 bits per heavy atom. The van der Waals surface area contributed by atoms with Crippen molar-refractivity contribution in [1.29, 1.82) is 0 Å². The van der Waals surface area contributed by atoms with Crippen LogP contribution in [0.15, 0.2) is 48.8 Å². The third-order valence-corrected chi connectivity index (χ3v) is 4.69. The molecular weight excluding hydrogens is 348 g/mol. The highest BCUT2D eigenvalue weighted by molar-refractivity contribution is 6.05. The van der Waals surface area contributed by atoms with Crippen LogP contribution in [-0.2, 0) is 0 Å². The van der Waals surface area contributed by atoms with Crippen LogP contribution in [0.3, 0.4) is 0 Å². The molecule has 0 spiro atoms. The molecule has 0 unspecified atom stereocenters. The summed E-state index contributed by atoms with van der Waals surface area (Å²) in [6.07, 6.45) is 3.16. The van der Waals surface area contributed by atoms with Crippen molar-refractivity contribution in [3.05, 3.63) is 76.6 Å². The predicted molar refractivity (Wildman–Crippen MR) is 114 cm³/mol. The predicted octanol–water partition coefficient (Wildman–Crippen LogP) is 5.12. The maximum Gasteiger partial charge on any atom is 0.261 e. The first-order valence-electron chi connectivity index (χ1n) is 9.44. The van der Waals surface area contributed by atoms with Crippen molar-refractivity contribution in [3.63, 3.8) is 0 Å². The van der Waals surface area contributed by atoms with Gasteiger partial charge in [-0.25, -0.2) is 9.97 Å². The van der Waals surface area contributed by atoms with Gasteiger partial charge in [-0.05, 0) is 63.4 Å². The van der Waals surface area contributed by atoms with E-state index in [2.05, 4.69) is 48.2 Å². The molecule has 0 atom stereocenters. The Bertz CT molecular complexity index is 973. The zero-order chi connectivity index (χ0) is 20.3. The van der Waals surface area contributed by atoms with E-state index in [0.29, 0.717) is 18.1 Å². The second kappa shape index (κ2) is 8.21. The van der Waals surface area contributed by atoms with E-state index in [9.17, 15) is 4.79 Å². The molecule has 1 N–H and O–H groups in total. The quantitative estimate of drug-likeness (QED) is 0.673. The molecule has 0 aliphatic rings. The lowest BCUT2D eigenvalue weighted by atomic mass is 10.1. The lowest BCUT2D eigenvalue weighted by Gasteiger charge is -2.21. The molecule has 2 aromatic carbocycles. The molecule has 0 aliphatic carbocycles. The SMILES string of the molecule is CCN(C(=O)c1cnc(Nc2c(C)cc(C)cc2C)nc1)c1cccc(C)c1. The first-order valence-corrected chi connectivity index (χ1v) is 9.44. The number of hydrogen-bond acceptors (Lipinski definition) is 4. The molecule has 3 aromatic rings. The van der Waals surface area contributed by atoms with E-state index in [1.54, 1.807) is 17.3 Å². The van der Waals surface area contributed by atoms with Crippen molar-refractivity contribution < 1.29 is 4.79 Å². The molecule has 1 amide bonds. The number of amides is 1. The minimum atomic E-state index is -0.109. The molecule has 5 nitrogen and oxygen atoms in total. The zero-order valence-electron chi connectivity index (χ0n) is 17.1. The van der Waals surface area contributed by atoms with Crippen LogP contribution in [0.5, 0.6) is 0 Å². The summed E-state index contributed by atoms with van der Waals surface area (Å²) in [7, 11) is 0. The Labute approximate surface area is 166 Å². The van der Waals surface area contributed by atoms with Crippen molar-refractivity contribution in [2.24, 2.45) is 0 Å². The monoisotopic (exact) mass is 374 g/mol. The van der Waals surface area contributed by atoms with E-state index < -0.39 is 0 Å². The Balaban J connectivity index is 1.81. The summed E-state index contributed by atoms with van der Waals surface area (Å²) in [6.45, 7) is 10.7. The molecule has 0 saturated carbocycles. The Morgan fingerprint density at radius 3 is 2.18 bits per heavy atom. The number of nitrogens with zero attached hydrogens (tertiary/aromatic N) is 3. The van der Waals surface area contributed by atoms with Gasteiger partial charge in [-0.2, -0.15) is 0 Å². The van der Waals surface area contributed by atoms with Crippen molar-refractivity contribution in [2.45, 2.75) is 34.6 Å². The highest BCUT2D eigenvalue weighted by atomic mass is 16.2. The molecule has 1 heterocycles. The minimum Gasteiger partial charge on any atom is -0.324 e. The molecule has 0 bridgehead atoms. The molecule has 0 aliphatic heterocycles. The standard InChI is InChI=1S/C23H26N4O/c1-6-27(20-9-7-8-15(2)12-20)22(28)19-13-24-23(25-14-19)26-21-17(4)10-16(3)11-18(21)5/h7-14H,6H2,1-5H3,(H,24,25,26). The van der Waals surface area contributed by atoms with Gasteiger partial charge < -0.3 is 10.2 Å². The van der Waals surface area contributed by atoms with E-state index in [0.717, 1.165) is 28.1 Å². The number of carbonyl (C=O) groups is 1. The topological polar surface area (TPSA) is 58.1 Å². The van der Waals surface area contributed by atoms with Crippen molar-refractivity contribution in [1.82, 2.24) is 9.97 Å². The van der Waals surface area contributed by atoms with Crippen LogP contribution in [0, 0.1) is 27.7 Å². The average Bonchev–Trinajstić information content (AvgIpc) is 2.66. The van der Waals surface area contributed by atoms with E-state index in [1.807, 2.05) is 38.1 Å². The zero-order valence-corrected chi connectivity index (χ0v) is 17.1. The van der Waals surface area contributed by atoms with E-state index in [1.165, 1.54) is 5.56 Å². The number of benzene rings is 2. The van der Waals surface area contributed by atoms with Gasteiger partial charge in [0, 0.05) is 30.3 Å². The summed E-state index contributed by atoms with van der Waals surface area (Å²) in [5, 5.41) is 3.27. The van der Waals surface area contributed by atoms with Gasteiger partial charge in [0.1, 0.15) is 0 Å². The molecule has 0 radical (unpaired) electrons. The summed E-state index contributed by atoms with van der Waals surface area (Å²) in [5.41, 5.74) is 6.95. The molecule has 1 aromatic heterocycles. The van der Waals surface area contributed by atoms with Gasteiger partial charge in [0.15, 0.2) is 0 Å². The number of carbonyl (C=O) groups excluding carboxylic acids is 1. The normalized spacial score (nSPS) is 10.6. The van der Waals surface area contributed by atoms with Gasteiger partial charge in [0.25, 0.3) is 5.91 Å². The smallest absolute Gasteiger partial charge is 0.261 e. The molecule has 3 rings (SSSR count). The summed E-state index contributed by atoms with van der Waals surface area (Å²) >= 11 is 0. The number of rotatable bonds is 5. The van der Waals surface area contributed by atoms with Gasteiger partial charge in [-0.3, -0.25) is 4.79 Å². The van der Waals surface area contributed by atoms with Crippen LogP contribution >= 0.6 is 0 Å². The number of hydrogen-bond donors (Lipinski definition) is 1. The Morgan fingerprint density at radius 2 is 1.61 bits per heavy atom. The van der Waals surface area contributed by atoms with E-state index in [4.69, 9.17) is 0 Å². The molecule has 0 fully saturated rings. The highest BCUT2D eigenvalue weighted by Gasteiger charge is 2.17. The van der Waals surface area contributed by atoms with Crippen molar-refractivity contribution in [2.75, 3.05) is 16.8 Å². The molecule has 28 heavy (non-hydrogen) atoms. The fourth-order valence-electron chi connectivity index (χ4n) is 3.39. The fraction of sp³-hybridized carbons (Fsp3) is 0.261. The van der Waals surface area contributed by atoms with Crippen LogP contribution in [0.4, 0.5) is 17.3 Å². The average molecular weight is 374 g/mol. The molecule has 0 saturated heterocycles. The lowest BCUT2D eigenvalue weighted by molar-refractivity contribution is 0.0987. The van der Waals surface area contributed by atoms with Crippen LogP contribution in [-0.4, -0.2) is 22.4 Å². The van der Waals surface area contributed by atoms with Crippen molar-refractivity contribution in [3.8, 4) is 0 Å². The summed E-state index contributed by atoms with van der Waals surface area (Å²) < 4.78 is 0. The summed E-state index contributed by atoms with van der Waals surface area (Å²) in [5.74, 6) is 0.368. The second-order valence-electron chi connectivity index (χ2n) is 7.08. The molecule has 144 valence electrons. The van der Waals surface area contributed by atoms with E-state index in [-0.39, 0.29) is 5.91 Å². The fourth-order valence-corrected chi connectivity index (χ4v) is 3.39. The van der Waals surface area contributed by atoms with Gasteiger partial charge in [0.2, 0.25) is 5.95 Å². The second-order valence-corrected chi connectivity index (χ2v) is 7.08. The van der Waals surface area contributed by atoms with Crippen LogP contribution in [0.2, 0.25) is 0 Å². The van der Waals surface area contributed by atoms with Crippen LogP contribution in [0.25, 0.3) is 0 Å². The van der Waals surface area contributed by atoms with Gasteiger partial charge in [-0.1, -0.05) is 29.8 Å².